The second kappa shape index (κ2) is 6.02. The van der Waals surface area contributed by atoms with Gasteiger partial charge in [0.05, 0.1) is 4.90 Å². The summed E-state index contributed by atoms with van der Waals surface area (Å²) in [7, 11) is -3.79. The van der Waals surface area contributed by atoms with Crippen molar-refractivity contribution in [1.29, 1.82) is 0 Å². The van der Waals surface area contributed by atoms with Crippen molar-refractivity contribution in [3.05, 3.63) is 41.0 Å². The molecule has 0 aliphatic heterocycles. The van der Waals surface area contributed by atoms with E-state index in [9.17, 15) is 13.2 Å². The summed E-state index contributed by atoms with van der Waals surface area (Å²) in [5, 5.41) is 0. The standard InChI is InChI=1S/C16H21NO3S/c1-11-8-9-14(10-13(11)3)16(18)17-21(19,20)15-7-5-4-6-12(15)2/h4-7,14H,8-10H2,1-3H3,(H,17,18). The maximum absolute atomic E-state index is 12.3. The van der Waals surface area contributed by atoms with Crippen molar-refractivity contribution in [3.63, 3.8) is 0 Å². The Morgan fingerprint density at radius 1 is 1.14 bits per heavy atom. The molecule has 1 aromatic carbocycles. The van der Waals surface area contributed by atoms with Crippen LogP contribution in [0.4, 0.5) is 0 Å². The van der Waals surface area contributed by atoms with Crippen molar-refractivity contribution in [1.82, 2.24) is 4.72 Å². The molecule has 1 unspecified atom stereocenters. The topological polar surface area (TPSA) is 63.2 Å². The number of allylic oxidation sites excluding steroid dienone is 2. The largest absolute Gasteiger partial charge is 0.274 e. The summed E-state index contributed by atoms with van der Waals surface area (Å²) in [6.07, 6.45) is 2.20. The van der Waals surface area contributed by atoms with E-state index in [-0.39, 0.29) is 10.8 Å². The number of aryl methyl sites for hydroxylation is 1. The van der Waals surface area contributed by atoms with E-state index in [1.165, 1.54) is 17.2 Å². The molecule has 1 atom stereocenters. The van der Waals surface area contributed by atoms with E-state index in [2.05, 4.69) is 11.6 Å². The predicted octanol–water partition coefficient (Wildman–Crippen LogP) is 2.94. The van der Waals surface area contributed by atoms with Crippen LogP contribution in [-0.2, 0) is 14.8 Å². The SMILES string of the molecule is CC1=C(C)CC(C(=O)NS(=O)(=O)c2ccccc2C)CC1. The molecule has 1 aromatic rings. The van der Waals surface area contributed by atoms with Gasteiger partial charge >= 0.3 is 0 Å². The number of carbonyl (C=O) groups excluding carboxylic acids is 1. The van der Waals surface area contributed by atoms with E-state index >= 15 is 0 Å². The molecular weight excluding hydrogens is 286 g/mol. The maximum atomic E-state index is 12.3. The lowest BCUT2D eigenvalue weighted by Crippen LogP contribution is -2.36. The van der Waals surface area contributed by atoms with E-state index in [0.29, 0.717) is 18.4 Å². The third-order valence-electron chi connectivity index (χ3n) is 4.14. The number of amides is 1. The van der Waals surface area contributed by atoms with Gasteiger partial charge in [-0.25, -0.2) is 13.1 Å². The first kappa shape index (κ1) is 15.8. The molecule has 5 heteroatoms. The number of rotatable bonds is 3. The lowest BCUT2D eigenvalue weighted by atomic mass is 9.85. The molecular formula is C16H21NO3S. The number of hydrogen-bond acceptors (Lipinski definition) is 3. The number of nitrogens with one attached hydrogen (secondary N) is 1. The molecule has 1 aliphatic rings. The smallest absolute Gasteiger partial charge is 0.264 e. The van der Waals surface area contributed by atoms with Crippen LogP contribution in [0.5, 0.6) is 0 Å². The molecule has 4 nitrogen and oxygen atoms in total. The summed E-state index contributed by atoms with van der Waals surface area (Å²) < 4.78 is 26.8. The minimum atomic E-state index is -3.79. The Morgan fingerprint density at radius 3 is 2.43 bits per heavy atom. The number of hydrogen-bond donors (Lipinski definition) is 1. The van der Waals surface area contributed by atoms with Gasteiger partial charge in [-0.15, -0.1) is 0 Å². The van der Waals surface area contributed by atoms with E-state index < -0.39 is 15.9 Å². The minimum Gasteiger partial charge on any atom is -0.274 e. The summed E-state index contributed by atoms with van der Waals surface area (Å²) in [6.45, 7) is 5.79. The van der Waals surface area contributed by atoms with Crippen LogP contribution < -0.4 is 4.72 Å². The van der Waals surface area contributed by atoms with Crippen LogP contribution >= 0.6 is 0 Å². The zero-order valence-corrected chi connectivity index (χ0v) is 13.5. The van der Waals surface area contributed by atoms with Crippen molar-refractivity contribution >= 4 is 15.9 Å². The Labute approximate surface area is 126 Å². The third kappa shape index (κ3) is 3.53. The molecule has 0 spiro atoms. The second-order valence-electron chi connectivity index (χ2n) is 5.74. The van der Waals surface area contributed by atoms with Crippen molar-refractivity contribution in [2.75, 3.05) is 0 Å². The second-order valence-corrected chi connectivity index (χ2v) is 7.39. The Morgan fingerprint density at radius 2 is 1.81 bits per heavy atom. The van der Waals surface area contributed by atoms with Crippen molar-refractivity contribution < 1.29 is 13.2 Å². The van der Waals surface area contributed by atoms with Crippen molar-refractivity contribution in [3.8, 4) is 0 Å². The molecule has 0 saturated heterocycles. The van der Waals surface area contributed by atoms with Gasteiger partial charge in [0.1, 0.15) is 0 Å². The van der Waals surface area contributed by atoms with E-state index in [1.807, 2.05) is 6.92 Å². The first-order valence-electron chi connectivity index (χ1n) is 7.09. The average molecular weight is 307 g/mol. The fraction of sp³-hybridized carbons (Fsp3) is 0.438. The molecule has 0 radical (unpaired) electrons. The van der Waals surface area contributed by atoms with Gasteiger partial charge in [0.15, 0.2) is 0 Å². The monoisotopic (exact) mass is 307 g/mol. The molecule has 21 heavy (non-hydrogen) atoms. The highest BCUT2D eigenvalue weighted by atomic mass is 32.2. The molecule has 114 valence electrons. The van der Waals surface area contributed by atoms with Crippen LogP contribution in [0.3, 0.4) is 0 Å². The number of sulfonamides is 1. The molecule has 1 amide bonds. The van der Waals surface area contributed by atoms with Gasteiger partial charge in [-0.3, -0.25) is 4.79 Å². The van der Waals surface area contributed by atoms with E-state index in [4.69, 9.17) is 0 Å². The Kier molecular flexibility index (Phi) is 4.52. The summed E-state index contributed by atoms with van der Waals surface area (Å²) in [5.41, 5.74) is 3.13. The average Bonchev–Trinajstić information content (AvgIpc) is 2.41. The summed E-state index contributed by atoms with van der Waals surface area (Å²) in [4.78, 5) is 12.4. The quantitative estimate of drug-likeness (QED) is 0.873. The fourth-order valence-electron chi connectivity index (χ4n) is 2.60. The molecule has 1 aliphatic carbocycles. The lowest BCUT2D eigenvalue weighted by Gasteiger charge is -2.23. The third-order valence-corrected chi connectivity index (χ3v) is 5.64. The van der Waals surface area contributed by atoms with Crippen molar-refractivity contribution in [2.24, 2.45) is 5.92 Å². The molecule has 0 bridgehead atoms. The Balaban J connectivity index is 2.15. The van der Waals surface area contributed by atoms with E-state index in [0.717, 1.165) is 6.42 Å². The Bertz CT molecular complexity index is 689. The van der Waals surface area contributed by atoms with Crippen LogP contribution in [0.1, 0.15) is 38.7 Å². The number of carbonyl (C=O) groups is 1. The van der Waals surface area contributed by atoms with Crippen molar-refractivity contribution in [2.45, 2.75) is 44.9 Å². The fourth-order valence-corrected chi connectivity index (χ4v) is 3.89. The molecule has 1 N–H and O–H groups in total. The predicted molar refractivity (Wildman–Crippen MR) is 82.2 cm³/mol. The molecule has 0 fully saturated rings. The Hall–Kier alpha value is -1.62. The normalized spacial score (nSPS) is 19.5. The van der Waals surface area contributed by atoms with Crippen LogP contribution in [0.2, 0.25) is 0 Å². The highest BCUT2D eigenvalue weighted by Gasteiger charge is 2.27. The molecule has 0 aromatic heterocycles. The summed E-state index contributed by atoms with van der Waals surface area (Å²) in [6, 6.07) is 6.66. The van der Waals surface area contributed by atoms with Gasteiger partial charge in [0, 0.05) is 5.92 Å². The first-order valence-corrected chi connectivity index (χ1v) is 8.57. The van der Waals surface area contributed by atoms with Crippen LogP contribution in [0, 0.1) is 12.8 Å². The summed E-state index contributed by atoms with van der Waals surface area (Å²) >= 11 is 0. The van der Waals surface area contributed by atoms with Gasteiger partial charge < -0.3 is 0 Å². The first-order chi connectivity index (χ1) is 9.81. The van der Waals surface area contributed by atoms with Gasteiger partial charge in [0.25, 0.3) is 10.0 Å². The lowest BCUT2D eigenvalue weighted by molar-refractivity contribution is -0.123. The van der Waals surface area contributed by atoms with Gasteiger partial charge in [-0.2, -0.15) is 0 Å². The highest BCUT2D eigenvalue weighted by Crippen LogP contribution is 2.29. The molecule has 0 saturated carbocycles. The zero-order chi connectivity index (χ0) is 15.6. The van der Waals surface area contributed by atoms with Gasteiger partial charge in [0.2, 0.25) is 5.91 Å². The van der Waals surface area contributed by atoms with E-state index in [1.54, 1.807) is 25.1 Å². The van der Waals surface area contributed by atoms with Crippen LogP contribution in [0.15, 0.2) is 40.3 Å². The minimum absolute atomic E-state index is 0.164. The van der Waals surface area contributed by atoms with Gasteiger partial charge in [-0.05, 0) is 51.7 Å². The number of benzene rings is 1. The van der Waals surface area contributed by atoms with Gasteiger partial charge in [-0.1, -0.05) is 29.3 Å². The highest BCUT2D eigenvalue weighted by molar-refractivity contribution is 7.90. The zero-order valence-electron chi connectivity index (χ0n) is 12.6. The molecule has 0 heterocycles. The molecule has 2 rings (SSSR count). The van der Waals surface area contributed by atoms with Crippen LogP contribution in [0.25, 0.3) is 0 Å². The summed E-state index contributed by atoms with van der Waals surface area (Å²) in [5.74, 6) is -0.655. The maximum Gasteiger partial charge on any atom is 0.264 e. The van der Waals surface area contributed by atoms with Crippen LogP contribution in [-0.4, -0.2) is 14.3 Å².